The highest BCUT2D eigenvalue weighted by molar-refractivity contribution is 5.76. The minimum atomic E-state index is -0.0828. The van der Waals surface area contributed by atoms with E-state index in [4.69, 9.17) is 4.74 Å². The molecule has 140 valence electrons. The summed E-state index contributed by atoms with van der Waals surface area (Å²) < 4.78 is 5.42. The lowest BCUT2D eigenvalue weighted by Gasteiger charge is -2.19. The second-order valence-electron chi connectivity index (χ2n) is 7.98. The van der Waals surface area contributed by atoms with Gasteiger partial charge in [0.25, 0.3) is 0 Å². The zero-order chi connectivity index (χ0) is 19.3. The molecule has 2 aromatic rings. The third kappa shape index (κ3) is 5.35. The lowest BCUT2D eigenvalue weighted by molar-refractivity contribution is -0.121. The van der Waals surface area contributed by atoms with Crippen LogP contribution in [-0.2, 0) is 16.6 Å². The molecule has 26 heavy (non-hydrogen) atoms. The van der Waals surface area contributed by atoms with Gasteiger partial charge in [0.05, 0.1) is 13.2 Å². The molecule has 0 saturated carbocycles. The second-order valence-corrected chi connectivity index (χ2v) is 7.98. The Morgan fingerprint density at radius 2 is 1.77 bits per heavy atom. The number of benzene rings is 2. The van der Waals surface area contributed by atoms with E-state index >= 15 is 0 Å². The molecule has 0 aromatic heterocycles. The highest BCUT2D eigenvalue weighted by Gasteiger charge is 2.15. The van der Waals surface area contributed by atoms with Crippen molar-refractivity contribution >= 4 is 5.91 Å². The first-order valence-corrected chi connectivity index (χ1v) is 9.24. The van der Waals surface area contributed by atoms with Crippen LogP contribution in [0.25, 0.3) is 0 Å². The fourth-order valence-corrected chi connectivity index (χ4v) is 3.01. The number of ether oxygens (including phenoxy) is 1. The second kappa shape index (κ2) is 8.39. The van der Waals surface area contributed by atoms with Crippen LogP contribution in [0.15, 0.2) is 42.5 Å². The summed E-state index contributed by atoms with van der Waals surface area (Å²) in [5, 5.41) is 3.09. The fraction of sp³-hybridized carbons (Fsp3) is 0.435. The molecule has 0 aliphatic heterocycles. The molecule has 2 rings (SSSR count). The molecular formula is C23H31NO2. The Labute approximate surface area is 157 Å². The van der Waals surface area contributed by atoms with Gasteiger partial charge in [0.1, 0.15) is 5.75 Å². The lowest BCUT2D eigenvalue weighted by Crippen LogP contribution is -2.27. The molecule has 0 heterocycles. The molecule has 3 nitrogen and oxygen atoms in total. The quantitative estimate of drug-likeness (QED) is 0.783. The average molecular weight is 354 g/mol. The van der Waals surface area contributed by atoms with Crippen LogP contribution < -0.4 is 10.1 Å². The number of carbonyl (C=O) groups excluding carboxylic acids is 1. The van der Waals surface area contributed by atoms with Gasteiger partial charge < -0.3 is 10.1 Å². The predicted octanol–water partition coefficient (Wildman–Crippen LogP) is 5.11. The number of carbonyl (C=O) groups is 1. The van der Waals surface area contributed by atoms with E-state index < -0.39 is 0 Å². The van der Waals surface area contributed by atoms with Gasteiger partial charge >= 0.3 is 0 Å². The SMILES string of the molecule is COc1ccc(C)cc1C(C)NC(=O)CCc1ccc(C(C)(C)C)cc1. The van der Waals surface area contributed by atoms with Gasteiger partial charge in [-0.2, -0.15) is 0 Å². The molecule has 0 bridgehead atoms. The molecule has 3 heteroatoms. The third-order valence-corrected chi connectivity index (χ3v) is 4.69. The number of nitrogens with one attached hydrogen (secondary N) is 1. The number of amides is 1. The molecular weight excluding hydrogens is 322 g/mol. The molecule has 1 amide bonds. The molecule has 1 atom stereocenters. The van der Waals surface area contributed by atoms with Crippen LogP contribution in [0, 0.1) is 6.92 Å². The van der Waals surface area contributed by atoms with Gasteiger partial charge in [-0.1, -0.05) is 62.7 Å². The minimum Gasteiger partial charge on any atom is -0.496 e. The molecule has 0 saturated heterocycles. The van der Waals surface area contributed by atoms with Crippen LogP contribution in [-0.4, -0.2) is 13.0 Å². The van der Waals surface area contributed by atoms with Crippen LogP contribution in [0.4, 0.5) is 0 Å². The Kier molecular flexibility index (Phi) is 6.47. The number of hydrogen-bond donors (Lipinski definition) is 1. The number of aryl methyl sites for hydroxylation is 2. The fourth-order valence-electron chi connectivity index (χ4n) is 3.01. The lowest BCUT2D eigenvalue weighted by atomic mass is 9.86. The Morgan fingerprint density at radius 1 is 1.12 bits per heavy atom. The summed E-state index contributed by atoms with van der Waals surface area (Å²) in [4.78, 5) is 12.4. The van der Waals surface area contributed by atoms with E-state index in [-0.39, 0.29) is 17.4 Å². The molecule has 0 fully saturated rings. The first-order chi connectivity index (χ1) is 12.2. The van der Waals surface area contributed by atoms with Crippen molar-refractivity contribution in [1.29, 1.82) is 0 Å². The zero-order valence-electron chi connectivity index (χ0n) is 16.8. The Morgan fingerprint density at radius 3 is 2.35 bits per heavy atom. The van der Waals surface area contributed by atoms with Gasteiger partial charge in [0, 0.05) is 12.0 Å². The van der Waals surface area contributed by atoms with Crippen molar-refractivity contribution in [2.24, 2.45) is 0 Å². The van der Waals surface area contributed by atoms with Gasteiger partial charge in [-0.15, -0.1) is 0 Å². The molecule has 0 aliphatic rings. The normalized spacial score (nSPS) is 12.5. The van der Waals surface area contributed by atoms with Crippen LogP contribution in [0.5, 0.6) is 5.75 Å². The highest BCUT2D eigenvalue weighted by atomic mass is 16.5. The topological polar surface area (TPSA) is 38.3 Å². The van der Waals surface area contributed by atoms with Crippen molar-refractivity contribution in [2.75, 3.05) is 7.11 Å². The van der Waals surface area contributed by atoms with Gasteiger partial charge in [-0.05, 0) is 42.9 Å². The molecule has 0 spiro atoms. The summed E-state index contributed by atoms with van der Waals surface area (Å²) in [5.74, 6) is 0.863. The van der Waals surface area contributed by atoms with Crippen molar-refractivity contribution in [3.05, 3.63) is 64.7 Å². The molecule has 0 radical (unpaired) electrons. The summed E-state index contributed by atoms with van der Waals surface area (Å²) in [5.41, 5.74) is 4.81. The Bertz CT molecular complexity index is 742. The van der Waals surface area contributed by atoms with E-state index in [9.17, 15) is 4.79 Å². The largest absolute Gasteiger partial charge is 0.496 e. The number of rotatable bonds is 6. The highest BCUT2D eigenvalue weighted by Crippen LogP contribution is 2.26. The predicted molar refractivity (Wildman–Crippen MR) is 108 cm³/mol. The molecule has 1 N–H and O–H groups in total. The van der Waals surface area contributed by atoms with Crippen molar-refractivity contribution in [3.63, 3.8) is 0 Å². The van der Waals surface area contributed by atoms with E-state index in [0.717, 1.165) is 23.3 Å². The van der Waals surface area contributed by atoms with Crippen molar-refractivity contribution < 1.29 is 9.53 Å². The summed E-state index contributed by atoms with van der Waals surface area (Å²) in [7, 11) is 1.66. The van der Waals surface area contributed by atoms with Gasteiger partial charge in [-0.3, -0.25) is 4.79 Å². The van der Waals surface area contributed by atoms with Crippen molar-refractivity contribution in [3.8, 4) is 5.75 Å². The maximum Gasteiger partial charge on any atom is 0.220 e. The Balaban J connectivity index is 1.93. The monoisotopic (exact) mass is 353 g/mol. The summed E-state index contributed by atoms with van der Waals surface area (Å²) in [6.07, 6.45) is 1.22. The first-order valence-electron chi connectivity index (χ1n) is 9.24. The van der Waals surface area contributed by atoms with E-state index in [1.165, 1.54) is 11.1 Å². The molecule has 0 aliphatic carbocycles. The van der Waals surface area contributed by atoms with Crippen LogP contribution in [0.3, 0.4) is 0 Å². The molecule has 1 unspecified atom stereocenters. The van der Waals surface area contributed by atoms with Gasteiger partial charge in [-0.25, -0.2) is 0 Å². The van der Waals surface area contributed by atoms with Crippen LogP contribution in [0.1, 0.15) is 62.4 Å². The zero-order valence-corrected chi connectivity index (χ0v) is 16.8. The van der Waals surface area contributed by atoms with E-state index in [1.54, 1.807) is 7.11 Å². The molecule has 2 aromatic carbocycles. The maximum atomic E-state index is 12.4. The minimum absolute atomic E-state index is 0.0564. The maximum absolute atomic E-state index is 12.4. The summed E-state index contributed by atoms with van der Waals surface area (Å²) >= 11 is 0. The third-order valence-electron chi connectivity index (χ3n) is 4.69. The number of methoxy groups -OCH3 is 1. The van der Waals surface area contributed by atoms with Gasteiger partial charge in [0.2, 0.25) is 5.91 Å². The smallest absolute Gasteiger partial charge is 0.220 e. The van der Waals surface area contributed by atoms with E-state index in [1.807, 2.05) is 26.0 Å². The van der Waals surface area contributed by atoms with Crippen LogP contribution >= 0.6 is 0 Å². The van der Waals surface area contributed by atoms with E-state index in [2.05, 4.69) is 56.4 Å². The van der Waals surface area contributed by atoms with Crippen molar-refractivity contribution in [1.82, 2.24) is 5.32 Å². The number of hydrogen-bond acceptors (Lipinski definition) is 2. The first kappa shape index (κ1) is 20.0. The average Bonchev–Trinajstić information content (AvgIpc) is 2.59. The Hall–Kier alpha value is -2.29. The van der Waals surface area contributed by atoms with Crippen LogP contribution in [0.2, 0.25) is 0 Å². The van der Waals surface area contributed by atoms with E-state index in [0.29, 0.717) is 6.42 Å². The summed E-state index contributed by atoms with van der Waals surface area (Å²) in [6.45, 7) is 10.6. The van der Waals surface area contributed by atoms with Gasteiger partial charge in [0.15, 0.2) is 0 Å². The van der Waals surface area contributed by atoms with Crippen molar-refractivity contribution in [2.45, 2.75) is 58.9 Å². The standard InChI is InChI=1S/C23H31NO2/c1-16-7-13-21(26-6)20(15-16)17(2)24-22(25)14-10-18-8-11-19(12-9-18)23(3,4)5/h7-9,11-13,15,17H,10,14H2,1-6H3,(H,24,25). The summed E-state index contributed by atoms with van der Waals surface area (Å²) in [6, 6.07) is 14.5.